The Labute approximate surface area is 97.2 Å². The fourth-order valence-electron chi connectivity index (χ4n) is 0.866. The van der Waals surface area contributed by atoms with E-state index in [4.69, 9.17) is 16.2 Å². The van der Waals surface area contributed by atoms with Crippen LogP contribution in [0.15, 0.2) is 0 Å². The van der Waals surface area contributed by atoms with E-state index in [0.29, 0.717) is 6.54 Å². The minimum Gasteiger partial charge on any atom is -0.480 e. The van der Waals surface area contributed by atoms with Crippen molar-refractivity contribution in [2.75, 3.05) is 13.6 Å². The second-order valence-corrected chi connectivity index (χ2v) is 3.37. The van der Waals surface area contributed by atoms with Gasteiger partial charge in [-0.25, -0.2) is 0 Å². The molecule has 1 saturated heterocycles. The van der Waals surface area contributed by atoms with Crippen LogP contribution in [0.4, 0.5) is 0 Å². The van der Waals surface area contributed by atoms with Crippen molar-refractivity contribution in [2.45, 2.75) is 12.5 Å². The number of rotatable bonds is 3. The van der Waals surface area contributed by atoms with Gasteiger partial charge in [-0.3, -0.25) is 25.1 Å². The van der Waals surface area contributed by atoms with E-state index in [1.54, 1.807) is 11.9 Å². The molecule has 0 saturated carbocycles. The molecule has 0 aliphatic carbocycles. The maximum atomic E-state index is 10.4. The highest BCUT2D eigenvalue weighted by Crippen LogP contribution is 1.89. The SMILES string of the molecule is CN1CC(=O)NC1=N.NC(=O)CC(N)C(=O)O. The van der Waals surface area contributed by atoms with Gasteiger partial charge in [-0.05, 0) is 0 Å². The smallest absolute Gasteiger partial charge is 0.321 e. The Morgan fingerprint density at radius 1 is 1.65 bits per heavy atom. The van der Waals surface area contributed by atoms with Gasteiger partial charge in [0.2, 0.25) is 11.8 Å². The van der Waals surface area contributed by atoms with Crippen LogP contribution in [0.3, 0.4) is 0 Å². The molecule has 1 rings (SSSR count). The molecule has 0 aromatic carbocycles. The molecule has 0 bridgehead atoms. The molecule has 2 amide bonds. The lowest BCUT2D eigenvalue weighted by atomic mass is 10.2. The number of nitrogens with one attached hydrogen (secondary N) is 2. The number of nitrogens with two attached hydrogens (primary N) is 2. The molecule has 96 valence electrons. The number of aliphatic carboxylic acids is 1. The van der Waals surface area contributed by atoms with E-state index >= 15 is 0 Å². The summed E-state index contributed by atoms with van der Waals surface area (Å²) in [6.07, 6.45) is -0.310. The highest BCUT2D eigenvalue weighted by atomic mass is 16.4. The minimum absolute atomic E-state index is 0.0995. The van der Waals surface area contributed by atoms with E-state index in [1.807, 2.05) is 0 Å². The van der Waals surface area contributed by atoms with Crippen LogP contribution < -0.4 is 16.8 Å². The predicted molar refractivity (Wildman–Crippen MR) is 57.9 cm³/mol. The third kappa shape index (κ3) is 6.10. The topological polar surface area (TPSA) is 163 Å². The van der Waals surface area contributed by atoms with Crippen LogP contribution in [-0.4, -0.2) is 53.4 Å². The Balaban J connectivity index is 0.000000302. The summed E-state index contributed by atoms with van der Waals surface area (Å²) in [5.74, 6) is -1.83. The number of hydrogen-bond acceptors (Lipinski definition) is 5. The number of carboxylic acids is 1. The Morgan fingerprint density at radius 3 is 2.29 bits per heavy atom. The normalized spacial score (nSPS) is 15.8. The first kappa shape index (κ1) is 14.8. The van der Waals surface area contributed by atoms with Crippen LogP contribution in [0.5, 0.6) is 0 Å². The monoisotopic (exact) mass is 245 g/mol. The lowest BCUT2D eigenvalue weighted by molar-refractivity contribution is -0.140. The first-order valence-electron chi connectivity index (χ1n) is 4.60. The summed E-state index contributed by atoms with van der Waals surface area (Å²) in [5.41, 5.74) is 9.57. The Hall–Kier alpha value is -2.16. The Kier molecular flexibility index (Phi) is 5.61. The number of carboxylic acid groups (broad SMARTS) is 1. The number of hydrogen-bond donors (Lipinski definition) is 5. The van der Waals surface area contributed by atoms with Gasteiger partial charge in [-0.15, -0.1) is 0 Å². The van der Waals surface area contributed by atoms with E-state index in [-0.39, 0.29) is 18.3 Å². The van der Waals surface area contributed by atoms with Gasteiger partial charge >= 0.3 is 5.97 Å². The van der Waals surface area contributed by atoms with E-state index in [9.17, 15) is 14.4 Å². The molecule has 1 fully saturated rings. The van der Waals surface area contributed by atoms with Crippen LogP contribution >= 0.6 is 0 Å². The molecule has 9 heteroatoms. The predicted octanol–water partition coefficient (Wildman–Crippen LogP) is -2.74. The zero-order chi connectivity index (χ0) is 13.6. The van der Waals surface area contributed by atoms with Gasteiger partial charge in [-0.1, -0.05) is 0 Å². The molecular formula is C8H15N5O4. The molecule has 17 heavy (non-hydrogen) atoms. The van der Waals surface area contributed by atoms with Gasteiger partial charge < -0.3 is 21.5 Å². The Bertz CT molecular complexity index is 343. The zero-order valence-electron chi connectivity index (χ0n) is 9.27. The summed E-state index contributed by atoms with van der Waals surface area (Å²) in [6.45, 7) is 0.318. The van der Waals surface area contributed by atoms with Crippen molar-refractivity contribution in [1.82, 2.24) is 10.2 Å². The third-order valence-corrected chi connectivity index (χ3v) is 1.76. The van der Waals surface area contributed by atoms with Gasteiger partial charge in [0.25, 0.3) is 0 Å². The number of guanidine groups is 1. The number of carbonyl (C=O) groups is 3. The summed E-state index contributed by atoms with van der Waals surface area (Å²) in [6, 6.07) is -1.16. The van der Waals surface area contributed by atoms with E-state index in [2.05, 4.69) is 11.1 Å². The second kappa shape index (κ2) is 6.43. The van der Waals surface area contributed by atoms with Crippen molar-refractivity contribution >= 4 is 23.7 Å². The highest BCUT2D eigenvalue weighted by molar-refractivity contribution is 6.02. The van der Waals surface area contributed by atoms with E-state index in [1.165, 1.54) is 0 Å². The van der Waals surface area contributed by atoms with Crippen LogP contribution in [0.2, 0.25) is 0 Å². The lowest BCUT2D eigenvalue weighted by Gasteiger charge is -2.03. The van der Waals surface area contributed by atoms with E-state index < -0.39 is 17.9 Å². The number of amides is 2. The Morgan fingerprint density at radius 2 is 2.18 bits per heavy atom. The molecular weight excluding hydrogens is 230 g/mol. The summed E-state index contributed by atoms with van der Waals surface area (Å²) >= 11 is 0. The summed E-state index contributed by atoms with van der Waals surface area (Å²) in [5, 5.41) is 17.4. The molecule has 0 aromatic rings. The first-order valence-corrected chi connectivity index (χ1v) is 4.60. The van der Waals surface area contributed by atoms with Crippen molar-refractivity contribution in [3.8, 4) is 0 Å². The minimum atomic E-state index is -1.21. The third-order valence-electron chi connectivity index (χ3n) is 1.76. The first-order chi connectivity index (χ1) is 7.73. The molecule has 1 unspecified atom stereocenters. The van der Waals surface area contributed by atoms with Gasteiger partial charge in [0, 0.05) is 7.05 Å². The lowest BCUT2D eigenvalue weighted by Crippen LogP contribution is -2.34. The summed E-state index contributed by atoms with van der Waals surface area (Å²) in [4.78, 5) is 31.8. The van der Waals surface area contributed by atoms with E-state index in [0.717, 1.165) is 0 Å². The molecule has 1 aliphatic rings. The van der Waals surface area contributed by atoms with Crippen LogP contribution in [0.1, 0.15) is 6.42 Å². The second-order valence-electron chi connectivity index (χ2n) is 3.37. The fraction of sp³-hybridized carbons (Fsp3) is 0.500. The quantitative estimate of drug-likeness (QED) is 0.362. The number of primary amides is 1. The number of carbonyl (C=O) groups excluding carboxylic acids is 2. The van der Waals surface area contributed by atoms with Gasteiger partial charge in [0.1, 0.15) is 6.04 Å². The largest absolute Gasteiger partial charge is 0.480 e. The van der Waals surface area contributed by atoms with Crippen LogP contribution in [0, 0.1) is 5.41 Å². The molecule has 0 radical (unpaired) electrons. The van der Waals surface area contributed by atoms with Crippen molar-refractivity contribution in [2.24, 2.45) is 11.5 Å². The van der Waals surface area contributed by atoms with Crippen molar-refractivity contribution < 1.29 is 19.5 Å². The maximum Gasteiger partial charge on any atom is 0.321 e. The highest BCUT2D eigenvalue weighted by Gasteiger charge is 2.18. The van der Waals surface area contributed by atoms with Crippen LogP contribution in [0.25, 0.3) is 0 Å². The number of likely N-dealkylation sites (N-methyl/N-ethyl adjacent to an activating group) is 1. The molecule has 9 nitrogen and oxygen atoms in total. The average molecular weight is 245 g/mol. The van der Waals surface area contributed by atoms with Crippen molar-refractivity contribution in [3.05, 3.63) is 0 Å². The molecule has 0 aromatic heterocycles. The molecule has 1 heterocycles. The van der Waals surface area contributed by atoms with Crippen LogP contribution in [-0.2, 0) is 14.4 Å². The van der Waals surface area contributed by atoms with Gasteiger partial charge in [-0.2, -0.15) is 0 Å². The number of nitrogens with zero attached hydrogens (tertiary/aromatic N) is 1. The average Bonchev–Trinajstić information content (AvgIpc) is 2.43. The standard InChI is InChI=1S/C4H7N3O.C4H8N2O3/c1-7-2-3(8)6-4(7)5;5-2(4(8)9)1-3(6)7/h2H2,1H3,(H2,5,6,8);2H,1,5H2,(H2,6,7)(H,8,9). The maximum absolute atomic E-state index is 10.4. The van der Waals surface area contributed by atoms with Gasteiger partial charge in [0.05, 0.1) is 13.0 Å². The van der Waals surface area contributed by atoms with Crippen molar-refractivity contribution in [3.63, 3.8) is 0 Å². The molecule has 0 spiro atoms. The van der Waals surface area contributed by atoms with Gasteiger partial charge in [0.15, 0.2) is 5.96 Å². The zero-order valence-corrected chi connectivity index (χ0v) is 9.27. The molecule has 7 N–H and O–H groups in total. The summed E-state index contributed by atoms with van der Waals surface area (Å²) in [7, 11) is 1.69. The molecule has 1 aliphatic heterocycles. The fourth-order valence-corrected chi connectivity index (χ4v) is 0.866. The molecule has 1 atom stereocenters. The summed E-state index contributed by atoms with van der Waals surface area (Å²) < 4.78 is 0. The van der Waals surface area contributed by atoms with Crippen molar-refractivity contribution in [1.29, 1.82) is 5.41 Å².